The van der Waals surface area contributed by atoms with E-state index >= 15 is 0 Å². The summed E-state index contributed by atoms with van der Waals surface area (Å²) in [6.45, 7) is 22.9. The van der Waals surface area contributed by atoms with Gasteiger partial charge in [0.2, 0.25) is 6.79 Å². The Bertz CT molecular complexity index is 3810. The molecule has 0 aliphatic carbocycles. The van der Waals surface area contributed by atoms with Gasteiger partial charge in [-0.1, -0.05) is 172 Å². The maximum Gasteiger partial charge on any atom is 0.252 e. The Balaban J connectivity index is 1.08. The Morgan fingerprint density at radius 3 is 1.62 bits per heavy atom. The van der Waals surface area contributed by atoms with Gasteiger partial charge >= 0.3 is 0 Å². The molecule has 9 aromatic carbocycles. The fourth-order valence-electron chi connectivity index (χ4n) is 11.7. The van der Waals surface area contributed by atoms with Crippen molar-refractivity contribution in [2.24, 2.45) is 0 Å². The molecule has 0 bridgehead atoms. The topological polar surface area (TPSA) is 24.9 Å². The van der Waals surface area contributed by atoms with Crippen LogP contribution in [0.15, 0.2) is 176 Å². The van der Waals surface area contributed by atoms with Gasteiger partial charge in [-0.05, 0) is 162 Å². The zero-order valence-electron chi connectivity index (χ0n) is 44.1. The number of ether oxygens (including phenoxy) is 2. The highest BCUT2D eigenvalue weighted by Gasteiger charge is 2.46. The third-order valence-electron chi connectivity index (χ3n) is 15.8. The molecule has 0 spiro atoms. The summed E-state index contributed by atoms with van der Waals surface area (Å²) in [6, 6.07) is 67.1. The maximum atomic E-state index is 6.54. The Kier molecular flexibility index (Phi) is 10.5. The smallest absolute Gasteiger partial charge is 0.252 e. The minimum absolute atomic E-state index is 0.00417. The first-order valence-corrected chi connectivity index (χ1v) is 27.0. The van der Waals surface area contributed by atoms with Crippen LogP contribution in [0.2, 0.25) is 0 Å². The lowest BCUT2D eigenvalue weighted by atomic mass is 9.33. The molecule has 0 amide bonds. The quantitative estimate of drug-likeness (QED) is 0.160. The molecule has 3 aliphatic heterocycles. The van der Waals surface area contributed by atoms with Crippen LogP contribution in [-0.2, 0) is 16.2 Å². The predicted octanol–water partition coefficient (Wildman–Crippen LogP) is 17.1. The van der Waals surface area contributed by atoms with E-state index in [1.54, 1.807) is 0 Å². The average Bonchev–Trinajstić information content (AvgIpc) is 4.04. The molecule has 0 saturated heterocycles. The van der Waals surface area contributed by atoms with Gasteiger partial charge in [0.15, 0.2) is 11.5 Å². The van der Waals surface area contributed by atoms with Crippen molar-refractivity contribution in [3.63, 3.8) is 0 Å². The number of thiophene rings is 1. The van der Waals surface area contributed by atoms with Gasteiger partial charge in [-0.15, -0.1) is 11.3 Å². The van der Waals surface area contributed by atoms with Crippen molar-refractivity contribution >= 4 is 88.7 Å². The van der Waals surface area contributed by atoms with Crippen LogP contribution in [0.3, 0.4) is 0 Å². The van der Waals surface area contributed by atoms with Crippen molar-refractivity contribution in [2.45, 2.75) is 85.5 Å². The summed E-state index contributed by atoms with van der Waals surface area (Å²) in [5.74, 6) is 1.56. The van der Waals surface area contributed by atoms with E-state index in [4.69, 9.17) is 9.47 Å². The van der Waals surface area contributed by atoms with Gasteiger partial charge < -0.3 is 19.3 Å². The molecule has 1 aromatic heterocycles. The second-order valence-corrected chi connectivity index (χ2v) is 24.9. The van der Waals surface area contributed by atoms with E-state index in [-0.39, 0.29) is 29.8 Å². The highest BCUT2D eigenvalue weighted by molar-refractivity contribution is 7.25. The van der Waals surface area contributed by atoms with Crippen LogP contribution < -0.4 is 35.7 Å². The first kappa shape index (κ1) is 46.3. The zero-order chi connectivity index (χ0) is 51.0. The standard InChI is InChI=1S/C68H61BN2O2S/c1-41-33-58-63-59(34-41)71(51-27-25-50(26-28-51)68(8,9)10)64-55(30-32-60-65(64)73-40-72-60)69(63)56-38-44(45-19-29-54-53-13-11-12-14-61(53)74-62(54)39-45)20-31-57(56)70(58)52-36-46(42-15-21-48(22-16-42)66(2,3)4)35-47(37-52)43-17-23-49(24-18-43)67(5,6)7/h11-39H,40H2,1-10H3. The van der Waals surface area contributed by atoms with Gasteiger partial charge in [0.1, 0.15) is 0 Å². The first-order chi connectivity index (χ1) is 35.5. The zero-order valence-corrected chi connectivity index (χ0v) is 45.0. The minimum atomic E-state index is -0.119. The van der Waals surface area contributed by atoms with Crippen LogP contribution in [-0.4, -0.2) is 13.5 Å². The SMILES string of the molecule is Cc1cc2c3c(c1)N(c1ccc(C(C)(C)C)cc1)c1c(ccc4c1OCO4)B3c1cc(-c3ccc4c(c3)sc3ccccc34)ccc1N2c1cc(-c2ccc(C(C)(C)C)cc2)cc(-c2ccc(C(C)(C)C)cc2)c1. The van der Waals surface area contributed by atoms with Crippen LogP contribution >= 0.6 is 11.3 Å². The van der Waals surface area contributed by atoms with Crippen molar-refractivity contribution in [2.75, 3.05) is 16.6 Å². The summed E-state index contributed by atoms with van der Waals surface area (Å²) < 4.78 is 15.3. The molecule has 4 nitrogen and oxygen atoms in total. The molecule has 4 heterocycles. The summed E-state index contributed by atoms with van der Waals surface area (Å²) in [4.78, 5) is 5.02. The van der Waals surface area contributed by atoms with E-state index in [2.05, 4.69) is 255 Å². The average molecular weight is 981 g/mol. The second-order valence-electron chi connectivity index (χ2n) is 23.9. The number of rotatable bonds is 5. The number of anilines is 6. The molecule has 0 unspecified atom stereocenters. The third kappa shape index (κ3) is 7.63. The number of hydrogen-bond donors (Lipinski definition) is 0. The number of benzene rings is 9. The number of fused-ring (bicyclic) bond motifs is 9. The fraction of sp³-hybridized carbons (Fsp3) is 0.206. The predicted molar refractivity (Wildman–Crippen MR) is 317 cm³/mol. The minimum Gasteiger partial charge on any atom is -0.454 e. The lowest BCUT2D eigenvalue weighted by molar-refractivity contribution is 0.174. The van der Waals surface area contributed by atoms with E-state index < -0.39 is 0 Å². The normalized spacial score (nSPS) is 13.9. The largest absolute Gasteiger partial charge is 0.454 e. The van der Waals surface area contributed by atoms with Gasteiger partial charge in [0.05, 0.1) is 5.69 Å². The Morgan fingerprint density at radius 1 is 0.432 bits per heavy atom. The van der Waals surface area contributed by atoms with Crippen molar-refractivity contribution in [1.82, 2.24) is 0 Å². The van der Waals surface area contributed by atoms with Crippen molar-refractivity contribution in [1.29, 1.82) is 0 Å². The molecule has 0 radical (unpaired) electrons. The lowest BCUT2D eigenvalue weighted by Crippen LogP contribution is -2.61. The van der Waals surface area contributed by atoms with Crippen molar-refractivity contribution in [3.8, 4) is 44.9 Å². The monoisotopic (exact) mass is 980 g/mol. The molecule has 0 fully saturated rings. The fourth-order valence-corrected chi connectivity index (χ4v) is 12.9. The Labute approximate surface area is 440 Å². The van der Waals surface area contributed by atoms with Crippen LogP contribution in [0.25, 0.3) is 53.6 Å². The molecule has 364 valence electrons. The highest BCUT2D eigenvalue weighted by atomic mass is 32.1. The van der Waals surface area contributed by atoms with Crippen molar-refractivity contribution in [3.05, 3.63) is 198 Å². The molecule has 0 saturated carbocycles. The Hall–Kier alpha value is -7.54. The van der Waals surface area contributed by atoms with Crippen LogP contribution in [0, 0.1) is 6.92 Å². The van der Waals surface area contributed by atoms with E-state index in [1.807, 2.05) is 11.3 Å². The lowest BCUT2D eigenvalue weighted by Gasteiger charge is -2.44. The molecule has 10 aromatic rings. The molecular formula is C68H61BN2O2S. The molecule has 6 heteroatoms. The molecule has 74 heavy (non-hydrogen) atoms. The second kappa shape index (κ2) is 16.7. The van der Waals surface area contributed by atoms with Gasteiger partial charge in [0.25, 0.3) is 6.71 Å². The molecule has 13 rings (SSSR count). The van der Waals surface area contributed by atoms with Crippen LogP contribution in [0.4, 0.5) is 34.1 Å². The van der Waals surface area contributed by atoms with Crippen molar-refractivity contribution < 1.29 is 9.47 Å². The van der Waals surface area contributed by atoms with Gasteiger partial charge in [-0.3, -0.25) is 0 Å². The highest BCUT2D eigenvalue weighted by Crippen LogP contribution is 2.52. The third-order valence-corrected chi connectivity index (χ3v) is 16.9. The molecule has 0 atom stereocenters. The van der Waals surface area contributed by atoms with Gasteiger partial charge in [-0.25, -0.2) is 0 Å². The van der Waals surface area contributed by atoms with Gasteiger partial charge in [-0.2, -0.15) is 0 Å². The summed E-state index contributed by atoms with van der Waals surface area (Å²) >= 11 is 1.87. The van der Waals surface area contributed by atoms with E-state index in [0.717, 1.165) is 39.9 Å². The maximum absolute atomic E-state index is 6.54. The van der Waals surface area contributed by atoms with Crippen LogP contribution in [0.1, 0.15) is 84.6 Å². The summed E-state index contributed by atoms with van der Waals surface area (Å²) in [6.07, 6.45) is 0. The number of aryl methyl sites for hydroxylation is 1. The molecular weight excluding hydrogens is 920 g/mol. The molecule has 0 N–H and O–H groups in total. The summed E-state index contributed by atoms with van der Waals surface area (Å²) in [5.41, 5.74) is 22.7. The first-order valence-electron chi connectivity index (χ1n) is 26.2. The van der Waals surface area contributed by atoms with Crippen LogP contribution in [0.5, 0.6) is 11.5 Å². The number of nitrogens with zero attached hydrogens (tertiary/aromatic N) is 2. The number of hydrogen-bond acceptors (Lipinski definition) is 5. The van der Waals surface area contributed by atoms with Gasteiger partial charge in [0, 0.05) is 48.6 Å². The Morgan fingerprint density at radius 2 is 0.986 bits per heavy atom. The van der Waals surface area contributed by atoms with E-state index in [1.165, 1.54) is 97.9 Å². The van der Waals surface area contributed by atoms with E-state index in [9.17, 15) is 0 Å². The van der Waals surface area contributed by atoms with E-state index in [0.29, 0.717) is 0 Å². The molecule has 3 aliphatic rings. The summed E-state index contributed by atoms with van der Waals surface area (Å²) in [7, 11) is 0. The summed E-state index contributed by atoms with van der Waals surface area (Å²) in [5, 5.41) is 2.61.